The van der Waals surface area contributed by atoms with Gasteiger partial charge in [-0.3, -0.25) is 14.9 Å². The third-order valence-corrected chi connectivity index (χ3v) is 4.53. The Balaban J connectivity index is 1.63. The number of nitro benzene ring substituents is 1. The van der Waals surface area contributed by atoms with Gasteiger partial charge in [0.15, 0.2) is 0 Å². The first-order valence-corrected chi connectivity index (χ1v) is 8.63. The van der Waals surface area contributed by atoms with Gasteiger partial charge in [-0.05, 0) is 37.3 Å². The molecule has 0 unspecified atom stereocenters. The number of aromatic nitrogens is 2. The number of nitrogens with zero attached hydrogens (tertiary/aromatic N) is 2. The third kappa shape index (κ3) is 3.21. The molecule has 4 rings (SSSR count). The minimum absolute atomic E-state index is 0.0799. The highest BCUT2D eigenvalue weighted by Crippen LogP contribution is 2.25. The van der Waals surface area contributed by atoms with Gasteiger partial charge in [-0.2, -0.15) is 0 Å². The van der Waals surface area contributed by atoms with Crippen molar-refractivity contribution in [3.8, 4) is 11.4 Å². The average Bonchev–Trinajstić information content (AvgIpc) is 3.12. The molecule has 28 heavy (non-hydrogen) atoms. The van der Waals surface area contributed by atoms with Crippen LogP contribution in [0.15, 0.2) is 66.7 Å². The monoisotopic (exact) mass is 372 g/mol. The topological polar surface area (TPSA) is 101 Å². The Morgan fingerprint density at radius 1 is 1.07 bits per heavy atom. The Kier molecular flexibility index (Phi) is 4.33. The number of benzene rings is 3. The van der Waals surface area contributed by atoms with E-state index in [1.807, 2.05) is 42.5 Å². The highest BCUT2D eigenvalue weighted by molar-refractivity contribution is 6.06. The molecule has 1 aromatic heterocycles. The Hall–Kier alpha value is -4.00. The number of para-hydroxylation sites is 2. The van der Waals surface area contributed by atoms with E-state index in [0.29, 0.717) is 17.1 Å². The lowest BCUT2D eigenvalue weighted by Gasteiger charge is -2.09. The number of rotatable bonds is 4. The van der Waals surface area contributed by atoms with E-state index in [1.165, 1.54) is 12.1 Å². The number of imidazole rings is 1. The maximum atomic E-state index is 12.6. The number of H-pyrrole nitrogens is 1. The summed E-state index contributed by atoms with van der Waals surface area (Å²) in [4.78, 5) is 31.1. The molecule has 0 spiro atoms. The standard InChI is InChI=1S/C21H16N4O3/c1-13-16(8-5-11-19(13)25(27)28)21(26)22-15-7-4-6-14(12-15)20-23-17-9-2-3-10-18(17)24-20/h2-12H,1H3,(H,22,26)(H,23,24). The fraction of sp³-hybridized carbons (Fsp3) is 0.0476. The van der Waals surface area contributed by atoms with Crippen LogP contribution < -0.4 is 5.32 Å². The van der Waals surface area contributed by atoms with Crippen LogP contribution in [0.25, 0.3) is 22.4 Å². The van der Waals surface area contributed by atoms with E-state index in [4.69, 9.17) is 0 Å². The zero-order valence-electron chi connectivity index (χ0n) is 15.0. The zero-order valence-corrected chi connectivity index (χ0v) is 15.0. The third-order valence-electron chi connectivity index (χ3n) is 4.53. The van der Waals surface area contributed by atoms with Crippen LogP contribution in [0.3, 0.4) is 0 Å². The number of anilines is 1. The van der Waals surface area contributed by atoms with Gasteiger partial charge < -0.3 is 10.3 Å². The number of aromatic amines is 1. The average molecular weight is 372 g/mol. The molecule has 0 atom stereocenters. The fourth-order valence-corrected chi connectivity index (χ4v) is 3.10. The summed E-state index contributed by atoms with van der Waals surface area (Å²) < 4.78 is 0. The molecule has 0 radical (unpaired) electrons. The van der Waals surface area contributed by atoms with Gasteiger partial charge in [-0.1, -0.05) is 30.3 Å². The van der Waals surface area contributed by atoms with Gasteiger partial charge in [-0.15, -0.1) is 0 Å². The summed E-state index contributed by atoms with van der Waals surface area (Å²) in [5.74, 6) is 0.298. The number of carbonyl (C=O) groups is 1. The first kappa shape index (κ1) is 17.4. The SMILES string of the molecule is Cc1c(C(=O)Nc2cccc(-c3nc4ccccc4[nH]3)c2)cccc1[N+](=O)[O-]. The van der Waals surface area contributed by atoms with E-state index in [2.05, 4.69) is 15.3 Å². The highest BCUT2D eigenvalue weighted by Gasteiger charge is 2.18. The van der Waals surface area contributed by atoms with Gasteiger partial charge in [0.1, 0.15) is 5.82 Å². The number of nitrogens with one attached hydrogen (secondary N) is 2. The molecule has 3 aromatic carbocycles. The molecule has 2 N–H and O–H groups in total. The quantitative estimate of drug-likeness (QED) is 0.400. The van der Waals surface area contributed by atoms with Crippen LogP contribution in [0.5, 0.6) is 0 Å². The Morgan fingerprint density at radius 2 is 1.86 bits per heavy atom. The fourth-order valence-electron chi connectivity index (χ4n) is 3.10. The number of fused-ring (bicyclic) bond motifs is 1. The lowest BCUT2D eigenvalue weighted by molar-refractivity contribution is -0.385. The first-order valence-electron chi connectivity index (χ1n) is 8.63. The van der Waals surface area contributed by atoms with Crippen LogP contribution in [0.1, 0.15) is 15.9 Å². The van der Waals surface area contributed by atoms with Crippen LogP contribution in [0.2, 0.25) is 0 Å². The molecule has 0 aliphatic heterocycles. The van der Waals surface area contributed by atoms with E-state index in [0.717, 1.165) is 16.6 Å². The predicted molar refractivity (Wildman–Crippen MR) is 107 cm³/mol. The van der Waals surface area contributed by atoms with Crippen molar-refractivity contribution in [2.24, 2.45) is 0 Å². The van der Waals surface area contributed by atoms with Crippen molar-refractivity contribution < 1.29 is 9.72 Å². The first-order chi connectivity index (χ1) is 13.5. The largest absolute Gasteiger partial charge is 0.338 e. The van der Waals surface area contributed by atoms with Crippen molar-refractivity contribution in [1.29, 1.82) is 0 Å². The molecule has 0 saturated carbocycles. The van der Waals surface area contributed by atoms with Crippen LogP contribution in [0, 0.1) is 17.0 Å². The van der Waals surface area contributed by atoms with Crippen LogP contribution >= 0.6 is 0 Å². The molecule has 0 saturated heterocycles. The summed E-state index contributed by atoms with van der Waals surface area (Å²) in [6.45, 7) is 1.57. The number of hydrogen-bond acceptors (Lipinski definition) is 4. The summed E-state index contributed by atoms with van der Waals surface area (Å²) in [6.07, 6.45) is 0. The Morgan fingerprint density at radius 3 is 2.64 bits per heavy atom. The van der Waals surface area contributed by atoms with E-state index in [1.54, 1.807) is 19.1 Å². The molecule has 0 bridgehead atoms. The molecular formula is C21H16N4O3. The lowest BCUT2D eigenvalue weighted by atomic mass is 10.1. The molecule has 0 aliphatic carbocycles. The number of amides is 1. The van der Waals surface area contributed by atoms with Gasteiger partial charge >= 0.3 is 0 Å². The summed E-state index contributed by atoms with van der Waals surface area (Å²) in [6, 6.07) is 19.5. The van der Waals surface area contributed by atoms with Gasteiger partial charge in [0, 0.05) is 28.4 Å². The van der Waals surface area contributed by atoms with Crippen molar-refractivity contribution in [2.45, 2.75) is 6.92 Å². The van der Waals surface area contributed by atoms with E-state index >= 15 is 0 Å². The predicted octanol–water partition coefficient (Wildman–Crippen LogP) is 4.70. The van der Waals surface area contributed by atoms with Crippen molar-refractivity contribution >= 4 is 28.3 Å². The molecule has 0 fully saturated rings. The number of carbonyl (C=O) groups excluding carboxylic acids is 1. The lowest BCUT2D eigenvalue weighted by Crippen LogP contribution is -2.14. The van der Waals surface area contributed by atoms with Gasteiger partial charge in [0.2, 0.25) is 0 Å². The summed E-state index contributed by atoms with van der Waals surface area (Å²) in [5.41, 5.74) is 3.71. The van der Waals surface area contributed by atoms with Crippen LogP contribution in [-0.2, 0) is 0 Å². The number of hydrogen-bond donors (Lipinski definition) is 2. The molecule has 1 amide bonds. The zero-order chi connectivity index (χ0) is 19.7. The van der Waals surface area contributed by atoms with Crippen LogP contribution in [0.4, 0.5) is 11.4 Å². The molecule has 4 aromatic rings. The van der Waals surface area contributed by atoms with E-state index in [9.17, 15) is 14.9 Å². The molecule has 7 heteroatoms. The number of nitro groups is 1. The van der Waals surface area contributed by atoms with Crippen molar-refractivity contribution in [2.75, 3.05) is 5.32 Å². The minimum atomic E-state index is -0.492. The van der Waals surface area contributed by atoms with Crippen molar-refractivity contribution in [1.82, 2.24) is 9.97 Å². The van der Waals surface area contributed by atoms with Crippen LogP contribution in [-0.4, -0.2) is 20.8 Å². The molecular weight excluding hydrogens is 356 g/mol. The van der Waals surface area contributed by atoms with Crippen molar-refractivity contribution in [3.05, 3.63) is 88.0 Å². The molecule has 7 nitrogen and oxygen atoms in total. The minimum Gasteiger partial charge on any atom is -0.338 e. The Bertz CT molecular complexity index is 1180. The molecule has 1 heterocycles. The summed E-state index contributed by atoms with van der Waals surface area (Å²) >= 11 is 0. The molecule has 138 valence electrons. The highest BCUT2D eigenvalue weighted by atomic mass is 16.6. The van der Waals surface area contributed by atoms with E-state index < -0.39 is 10.8 Å². The second-order valence-electron chi connectivity index (χ2n) is 6.34. The summed E-state index contributed by atoms with van der Waals surface area (Å²) in [7, 11) is 0. The van der Waals surface area contributed by atoms with Gasteiger partial charge in [0.05, 0.1) is 16.0 Å². The second-order valence-corrected chi connectivity index (χ2v) is 6.34. The smallest absolute Gasteiger partial charge is 0.273 e. The Labute approximate surface area is 160 Å². The maximum Gasteiger partial charge on any atom is 0.273 e. The van der Waals surface area contributed by atoms with Gasteiger partial charge in [-0.25, -0.2) is 4.98 Å². The molecule has 0 aliphatic rings. The normalized spacial score (nSPS) is 10.8. The maximum absolute atomic E-state index is 12.6. The van der Waals surface area contributed by atoms with E-state index in [-0.39, 0.29) is 11.3 Å². The van der Waals surface area contributed by atoms with Crippen molar-refractivity contribution in [3.63, 3.8) is 0 Å². The van der Waals surface area contributed by atoms with Gasteiger partial charge in [0.25, 0.3) is 11.6 Å². The summed E-state index contributed by atoms with van der Waals surface area (Å²) in [5, 5.41) is 13.9. The second kappa shape index (κ2) is 6.96.